The molecule has 0 aromatic rings. The highest BCUT2D eigenvalue weighted by molar-refractivity contribution is 7.45. The predicted molar refractivity (Wildman–Crippen MR) is 326 cm³/mol. The number of unbranched alkanes of at least 4 members (excludes halogenated alkanes) is 48. The molecule has 0 aliphatic carbocycles. The third kappa shape index (κ3) is 60.7. The van der Waals surface area contributed by atoms with Gasteiger partial charge in [-0.05, 0) is 38.5 Å². The second kappa shape index (κ2) is 57.9. The average Bonchev–Trinajstić information content (AvgIpc) is 3.37. The molecule has 0 saturated carbocycles. The lowest BCUT2D eigenvalue weighted by Gasteiger charge is -2.30. The molecule has 0 aromatic carbocycles. The van der Waals surface area contributed by atoms with Crippen molar-refractivity contribution in [2.45, 2.75) is 366 Å². The van der Waals surface area contributed by atoms with Gasteiger partial charge in [-0.25, -0.2) is 0 Å². The van der Waals surface area contributed by atoms with Gasteiger partial charge in [0, 0.05) is 6.42 Å². The van der Waals surface area contributed by atoms with Crippen molar-refractivity contribution in [2.75, 3.05) is 40.9 Å². The molecule has 0 saturated heterocycles. The third-order valence-corrected chi connectivity index (χ3v) is 16.7. The van der Waals surface area contributed by atoms with Gasteiger partial charge in [0.2, 0.25) is 5.91 Å². The fourth-order valence-electron chi connectivity index (χ4n) is 10.5. The number of hydrogen-bond donors (Lipinski definition) is 2. The monoisotopic (exact) mass is 1080 g/mol. The molecule has 75 heavy (non-hydrogen) atoms. The fourth-order valence-corrected chi connectivity index (χ4v) is 11.2. The Labute approximate surface area is 469 Å². The minimum absolute atomic E-state index is 0.0153. The van der Waals surface area contributed by atoms with Crippen LogP contribution < -0.4 is 10.2 Å². The molecular weight excluding hydrogens is 948 g/mol. The Bertz CT molecular complexity index is 1230. The topological polar surface area (TPSA) is 108 Å². The summed E-state index contributed by atoms with van der Waals surface area (Å²) >= 11 is 0. The maximum absolute atomic E-state index is 13.0. The molecule has 9 heteroatoms. The van der Waals surface area contributed by atoms with E-state index in [9.17, 15) is 19.4 Å². The quantitative estimate of drug-likeness (QED) is 0.0272. The van der Waals surface area contributed by atoms with Crippen LogP contribution in [0.1, 0.15) is 354 Å². The van der Waals surface area contributed by atoms with Gasteiger partial charge >= 0.3 is 0 Å². The Morgan fingerprint density at radius 1 is 0.453 bits per heavy atom. The Balaban J connectivity index is 4.04. The minimum atomic E-state index is -4.58. The Morgan fingerprint density at radius 2 is 0.733 bits per heavy atom. The number of allylic oxidation sites excluding steroid dienone is 2. The van der Waals surface area contributed by atoms with E-state index in [1.807, 2.05) is 21.1 Å². The molecule has 448 valence electrons. The van der Waals surface area contributed by atoms with Crippen molar-refractivity contribution >= 4 is 13.7 Å². The molecule has 0 rings (SSSR count). The SMILES string of the molecule is CCCCCCCCCC/C=C\CCCCCCCCCCCCCCCC(=O)NC(COP(=O)([O-])OCC[N+](C)(C)C)C(O)CCCCCCCCCCCCCCCCCCCCCCCCCCCCCC. The second-order valence-corrected chi connectivity index (χ2v) is 25.9. The fraction of sp³-hybridized carbons (Fsp3) is 0.955. The van der Waals surface area contributed by atoms with Crippen molar-refractivity contribution < 1.29 is 32.9 Å². The van der Waals surface area contributed by atoms with E-state index < -0.39 is 20.0 Å². The Kier molecular flexibility index (Phi) is 57.3. The highest BCUT2D eigenvalue weighted by Crippen LogP contribution is 2.38. The summed E-state index contributed by atoms with van der Waals surface area (Å²) in [6.07, 6.45) is 72.7. The molecule has 0 bridgehead atoms. The van der Waals surface area contributed by atoms with Gasteiger partial charge in [-0.1, -0.05) is 321 Å². The van der Waals surface area contributed by atoms with Gasteiger partial charge in [-0.15, -0.1) is 0 Å². The number of hydrogen-bond acceptors (Lipinski definition) is 6. The van der Waals surface area contributed by atoms with E-state index in [0.717, 1.165) is 38.5 Å². The van der Waals surface area contributed by atoms with Crippen LogP contribution in [0, 0.1) is 0 Å². The lowest BCUT2D eigenvalue weighted by molar-refractivity contribution is -0.870. The van der Waals surface area contributed by atoms with Crippen molar-refractivity contribution in [1.82, 2.24) is 5.32 Å². The number of nitrogens with one attached hydrogen (secondary N) is 1. The van der Waals surface area contributed by atoms with Crippen LogP contribution in [0.3, 0.4) is 0 Å². The zero-order valence-electron chi connectivity index (χ0n) is 51.3. The van der Waals surface area contributed by atoms with E-state index in [1.54, 1.807) is 0 Å². The first-order valence-electron chi connectivity index (χ1n) is 33.5. The van der Waals surface area contributed by atoms with Gasteiger partial charge in [0.15, 0.2) is 0 Å². The second-order valence-electron chi connectivity index (χ2n) is 24.5. The molecule has 0 fully saturated rings. The summed E-state index contributed by atoms with van der Waals surface area (Å²) < 4.78 is 23.5. The van der Waals surface area contributed by atoms with E-state index in [-0.39, 0.29) is 19.1 Å². The van der Waals surface area contributed by atoms with Crippen molar-refractivity contribution in [1.29, 1.82) is 0 Å². The summed E-state index contributed by atoms with van der Waals surface area (Å²) in [6.45, 7) is 4.79. The van der Waals surface area contributed by atoms with Gasteiger partial charge < -0.3 is 28.8 Å². The van der Waals surface area contributed by atoms with Crippen molar-refractivity contribution in [2.24, 2.45) is 0 Å². The van der Waals surface area contributed by atoms with Gasteiger partial charge in [0.1, 0.15) is 13.2 Å². The van der Waals surface area contributed by atoms with Crippen LogP contribution in [-0.2, 0) is 18.4 Å². The third-order valence-electron chi connectivity index (χ3n) is 15.8. The van der Waals surface area contributed by atoms with Gasteiger partial charge in [0.05, 0.1) is 39.9 Å². The predicted octanol–water partition coefficient (Wildman–Crippen LogP) is 20.3. The largest absolute Gasteiger partial charge is 0.756 e. The minimum Gasteiger partial charge on any atom is -0.756 e. The van der Waals surface area contributed by atoms with E-state index in [0.29, 0.717) is 23.9 Å². The summed E-state index contributed by atoms with van der Waals surface area (Å²) in [5, 5.41) is 14.1. The molecule has 0 aromatic heterocycles. The maximum atomic E-state index is 13.0. The summed E-state index contributed by atoms with van der Waals surface area (Å²) in [7, 11) is 1.32. The molecule has 1 amide bonds. The number of rotatable bonds is 63. The van der Waals surface area contributed by atoms with Crippen LogP contribution in [0.15, 0.2) is 12.2 Å². The summed E-state index contributed by atoms with van der Waals surface area (Å²) in [4.78, 5) is 25.6. The maximum Gasteiger partial charge on any atom is 0.268 e. The van der Waals surface area contributed by atoms with Crippen LogP contribution in [0.2, 0.25) is 0 Å². The molecule has 3 atom stereocenters. The van der Waals surface area contributed by atoms with Crippen LogP contribution >= 0.6 is 7.82 Å². The number of aliphatic hydroxyl groups excluding tert-OH is 1. The molecule has 0 spiro atoms. The normalized spacial score (nSPS) is 13.7. The zero-order chi connectivity index (χ0) is 54.9. The number of phosphoric ester groups is 1. The van der Waals surface area contributed by atoms with Crippen molar-refractivity contribution in [3.05, 3.63) is 12.2 Å². The lowest BCUT2D eigenvalue weighted by Crippen LogP contribution is -2.46. The van der Waals surface area contributed by atoms with Crippen LogP contribution in [0.4, 0.5) is 0 Å². The Morgan fingerprint density at radius 3 is 1.04 bits per heavy atom. The van der Waals surface area contributed by atoms with E-state index in [2.05, 4.69) is 31.3 Å². The molecule has 0 aliphatic heterocycles. The number of amides is 1. The number of quaternary nitrogens is 1. The first kappa shape index (κ1) is 74.2. The molecule has 0 heterocycles. The van der Waals surface area contributed by atoms with Gasteiger partial charge in [-0.2, -0.15) is 0 Å². The van der Waals surface area contributed by atoms with Gasteiger partial charge in [-0.3, -0.25) is 9.36 Å². The van der Waals surface area contributed by atoms with E-state index in [4.69, 9.17) is 9.05 Å². The highest BCUT2D eigenvalue weighted by atomic mass is 31.2. The van der Waals surface area contributed by atoms with E-state index >= 15 is 0 Å². The molecule has 0 radical (unpaired) electrons. The van der Waals surface area contributed by atoms with Crippen LogP contribution in [0.25, 0.3) is 0 Å². The van der Waals surface area contributed by atoms with Crippen molar-refractivity contribution in [3.63, 3.8) is 0 Å². The summed E-state index contributed by atoms with van der Waals surface area (Å²) in [5.41, 5.74) is 0. The molecular formula is C66H133N2O6P. The number of phosphoric acid groups is 1. The number of nitrogens with zero attached hydrogens (tertiary/aromatic N) is 1. The molecule has 2 N–H and O–H groups in total. The smallest absolute Gasteiger partial charge is 0.268 e. The first-order chi connectivity index (χ1) is 36.5. The lowest BCUT2D eigenvalue weighted by atomic mass is 10.0. The average molecular weight is 1080 g/mol. The van der Waals surface area contributed by atoms with Crippen LogP contribution in [0.5, 0.6) is 0 Å². The van der Waals surface area contributed by atoms with Gasteiger partial charge in [0.25, 0.3) is 7.82 Å². The molecule has 0 aliphatic rings. The van der Waals surface area contributed by atoms with Crippen LogP contribution in [-0.4, -0.2) is 68.5 Å². The summed E-state index contributed by atoms with van der Waals surface area (Å²) in [6, 6.07) is -0.799. The van der Waals surface area contributed by atoms with Crippen molar-refractivity contribution in [3.8, 4) is 0 Å². The standard InChI is InChI=1S/C66H133N2O6P/c1-6-8-10-12-14-16-18-20-22-24-26-28-30-32-33-34-36-37-39-41-43-45-47-49-51-53-55-57-59-65(69)64(63-74-75(71,72)73-62-61-68(3,4)5)67-66(70)60-58-56-54-52-50-48-46-44-42-40-38-35-31-29-27-25-23-21-19-17-15-13-11-9-7-2/h25,27,64-65,69H,6-24,26,28-63H2,1-5H3,(H-,67,70,71,72)/b27-25-. The molecule has 3 unspecified atom stereocenters. The summed E-state index contributed by atoms with van der Waals surface area (Å²) in [5.74, 6) is -0.157. The van der Waals surface area contributed by atoms with E-state index in [1.165, 1.54) is 289 Å². The molecule has 8 nitrogen and oxygen atoms in total. The number of likely N-dealkylation sites (N-methyl/N-ethyl adjacent to an activating group) is 1. The number of carbonyl (C=O) groups is 1. The number of carbonyl (C=O) groups excluding carboxylic acids is 1. The Hall–Kier alpha value is -0.760. The number of aliphatic hydroxyl groups is 1. The highest BCUT2D eigenvalue weighted by Gasteiger charge is 2.24. The first-order valence-corrected chi connectivity index (χ1v) is 35.0. The zero-order valence-corrected chi connectivity index (χ0v) is 52.2.